The van der Waals surface area contributed by atoms with Crippen LogP contribution in [0.15, 0.2) is 54.7 Å². The molecule has 1 saturated heterocycles. The van der Waals surface area contributed by atoms with Crippen LogP contribution in [0.3, 0.4) is 0 Å². The van der Waals surface area contributed by atoms with E-state index in [0.717, 1.165) is 43.1 Å². The Bertz CT molecular complexity index is 899. The van der Waals surface area contributed by atoms with E-state index in [9.17, 15) is 4.79 Å². The molecule has 6 heteroatoms. The van der Waals surface area contributed by atoms with Crippen molar-refractivity contribution in [3.63, 3.8) is 0 Å². The molecule has 0 N–H and O–H groups in total. The van der Waals surface area contributed by atoms with Gasteiger partial charge in [-0.3, -0.25) is 4.79 Å². The number of aryl methyl sites for hydroxylation is 1. The molecule has 1 aliphatic rings. The number of pyridine rings is 1. The van der Waals surface area contributed by atoms with E-state index < -0.39 is 0 Å². The standard InChI is InChI=1S/C22H25N5O/c28-21(26-16-8-1-2-9-17-26)14-13-20-24-22(18-10-4-3-5-11-18)25-27(20)19-12-6-7-15-23-19/h3-7,10-12,15H,1-2,8-9,13-14,16-17H2. The van der Waals surface area contributed by atoms with Gasteiger partial charge in [-0.25, -0.2) is 9.97 Å². The number of hydrogen-bond donors (Lipinski definition) is 0. The van der Waals surface area contributed by atoms with Crippen molar-refractivity contribution in [2.45, 2.75) is 38.5 Å². The first-order chi connectivity index (χ1) is 13.8. The van der Waals surface area contributed by atoms with Crippen LogP contribution in [0.2, 0.25) is 0 Å². The molecule has 1 aromatic carbocycles. The van der Waals surface area contributed by atoms with Gasteiger partial charge in [0, 0.05) is 37.7 Å². The van der Waals surface area contributed by atoms with Gasteiger partial charge in [0.15, 0.2) is 11.6 Å². The highest BCUT2D eigenvalue weighted by Gasteiger charge is 2.19. The summed E-state index contributed by atoms with van der Waals surface area (Å²) in [6, 6.07) is 15.6. The fraction of sp³-hybridized carbons (Fsp3) is 0.364. The third-order valence-electron chi connectivity index (χ3n) is 5.09. The summed E-state index contributed by atoms with van der Waals surface area (Å²) in [5.74, 6) is 2.34. The molecule has 4 rings (SSSR count). The van der Waals surface area contributed by atoms with E-state index in [-0.39, 0.29) is 5.91 Å². The molecule has 0 unspecified atom stereocenters. The lowest BCUT2D eigenvalue weighted by Gasteiger charge is -2.20. The molecule has 6 nitrogen and oxygen atoms in total. The Balaban J connectivity index is 1.56. The van der Waals surface area contributed by atoms with Gasteiger partial charge in [-0.05, 0) is 25.0 Å². The topological polar surface area (TPSA) is 63.9 Å². The summed E-state index contributed by atoms with van der Waals surface area (Å²) >= 11 is 0. The third-order valence-corrected chi connectivity index (χ3v) is 5.09. The molecular formula is C22H25N5O. The number of aromatic nitrogens is 4. The molecule has 1 aliphatic heterocycles. The Morgan fingerprint density at radius 1 is 0.929 bits per heavy atom. The van der Waals surface area contributed by atoms with Crippen LogP contribution >= 0.6 is 0 Å². The Kier molecular flexibility index (Phi) is 5.75. The SMILES string of the molecule is O=C(CCc1nc(-c2ccccc2)nn1-c1ccccn1)N1CCCCCC1. The van der Waals surface area contributed by atoms with Crippen molar-refractivity contribution in [2.24, 2.45) is 0 Å². The van der Waals surface area contributed by atoms with Gasteiger partial charge in [-0.15, -0.1) is 5.10 Å². The van der Waals surface area contributed by atoms with Crippen molar-refractivity contribution in [3.05, 3.63) is 60.6 Å². The fourth-order valence-corrected chi connectivity index (χ4v) is 3.58. The molecule has 0 spiro atoms. The average molecular weight is 375 g/mol. The molecule has 3 aromatic rings. The number of rotatable bonds is 5. The van der Waals surface area contributed by atoms with E-state index in [2.05, 4.69) is 10.1 Å². The minimum atomic E-state index is 0.207. The zero-order valence-electron chi connectivity index (χ0n) is 16.0. The maximum absolute atomic E-state index is 12.7. The van der Waals surface area contributed by atoms with Crippen molar-refractivity contribution in [1.29, 1.82) is 0 Å². The number of likely N-dealkylation sites (tertiary alicyclic amines) is 1. The van der Waals surface area contributed by atoms with Crippen LogP contribution in [0.25, 0.3) is 17.2 Å². The van der Waals surface area contributed by atoms with Crippen molar-refractivity contribution in [2.75, 3.05) is 13.1 Å². The van der Waals surface area contributed by atoms with Gasteiger partial charge >= 0.3 is 0 Å². The highest BCUT2D eigenvalue weighted by atomic mass is 16.2. The first kappa shape index (κ1) is 18.3. The van der Waals surface area contributed by atoms with E-state index in [1.54, 1.807) is 10.9 Å². The second-order valence-electron chi connectivity index (χ2n) is 7.11. The van der Waals surface area contributed by atoms with Gasteiger partial charge in [0.05, 0.1) is 0 Å². The molecule has 0 atom stereocenters. The summed E-state index contributed by atoms with van der Waals surface area (Å²) in [7, 11) is 0. The maximum atomic E-state index is 12.7. The molecule has 0 radical (unpaired) electrons. The molecule has 1 fully saturated rings. The monoisotopic (exact) mass is 375 g/mol. The number of carbonyl (C=O) groups excluding carboxylic acids is 1. The lowest BCUT2D eigenvalue weighted by atomic mass is 10.2. The minimum absolute atomic E-state index is 0.207. The summed E-state index contributed by atoms with van der Waals surface area (Å²) in [5, 5.41) is 4.67. The fourth-order valence-electron chi connectivity index (χ4n) is 3.58. The summed E-state index contributed by atoms with van der Waals surface area (Å²) in [6.45, 7) is 1.75. The molecular weight excluding hydrogens is 350 g/mol. The van der Waals surface area contributed by atoms with Gasteiger partial charge in [-0.2, -0.15) is 4.68 Å². The summed E-state index contributed by atoms with van der Waals surface area (Å²) in [4.78, 5) is 23.9. The van der Waals surface area contributed by atoms with Crippen LogP contribution in [-0.4, -0.2) is 43.6 Å². The van der Waals surface area contributed by atoms with E-state index in [4.69, 9.17) is 4.98 Å². The number of amides is 1. The number of hydrogen-bond acceptors (Lipinski definition) is 4. The lowest BCUT2D eigenvalue weighted by Crippen LogP contribution is -2.32. The second kappa shape index (κ2) is 8.78. The third kappa shape index (κ3) is 4.27. The van der Waals surface area contributed by atoms with Crippen LogP contribution in [0.1, 0.15) is 37.9 Å². The van der Waals surface area contributed by atoms with Crippen molar-refractivity contribution < 1.29 is 4.79 Å². The van der Waals surface area contributed by atoms with Gasteiger partial charge in [-0.1, -0.05) is 49.2 Å². The number of carbonyl (C=O) groups is 1. The lowest BCUT2D eigenvalue weighted by molar-refractivity contribution is -0.131. The normalized spacial score (nSPS) is 14.6. The van der Waals surface area contributed by atoms with Crippen LogP contribution < -0.4 is 0 Å². The highest BCUT2D eigenvalue weighted by Crippen LogP contribution is 2.19. The molecule has 3 heterocycles. The van der Waals surface area contributed by atoms with Gasteiger partial charge < -0.3 is 4.90 Å². The first-order valence-electron chi connectivity index (χ1n) is 10.0. The molecule has 144 valence electrons. The second-order valence-corrected chi connectivity index (χ2v) is 7.11. The van der Waals surface area contributed by atoms with E-state index in [1.165, 1.54) is 12.8 Å². The summed E-state index contributed by atoms with van der Waals surface area (Å²) < 4.78 is 1.76. The van der Waals surface area contributed by atoms with Crippen molar-refractivity contribution >= 4 is 5.91 Å². The largest absolute Gasteiger partial charge is 0.343 e. The van der Waals surface area contributed by atoms with Crippen LogP contribution in [0, 0.1) is 0 Å². The average Bonchev–Trinajstić information content (AvgIpc) is 2.99. The van der Waals surface area contributed by atoms with Crippen LogP contribution in [-0.2, 0) is 11.2 Å². The smallest absolute Gasteiger partial charge is 0.223 e. The zero-order valence-corrected chi connectivity index (χ0v) is 16.0. The highest BCUT2D eigenvalue weighted by molar-refractivity contribution is 5.76. The molecule has 28 heavy (non-hydrogen) atoms. The summed E-state index contributed by atoms with van der Waals surface area (Å²) in [5.41, 5.74) is 0.956. The quantitative estimate of drug-likeness (QED) is 0.683. The first-order valence-corrected chi connectivity index (χ1v) is 10.0. The molecule has 0 bridgehead atoms. The zero-order chi connectivity index (χ0) is 19.2. The van der Waals surface area contributed by atoms with Crippen molar-refractivity contribution in [3.8, 4) is 17.2 Å². The van der Waals surface area contributed by atoms with Crippen LogP contribution in [0.4, 0.5) is 0 Å². The summed E-state index contributed by atoms with van der Waals surface area (Å²) in [6.07, 6.45) is 7.38. The maximum Gasteiger partial charge on any atom is 0.223 e. The Labute approximate surface area is 165 Å². The Morgan fingerprint density at radius 3 is 2.39 bits per heavy atom. The molecule has 0 saturated carbocycles. The van der Waals surface area contributed by atoms with Gasteiger partial charge in [0.25, 0.3) is 0 Å². The molecule has 2 aromatic heterocycles. The molecule has 0 aliphatic carbocycles. The Hall–Kier alpha value is -3.02. The predicted octanol–water partition coefficient (Wildman–Crippen LogP) is 3.66. The Morgan fingerprint density at radius 2 is 1.68 bits per heavy atom. The molecule has 1 amide bonds. The van der Waals surface area contributed by atoms with E-state index in [0.29, 0.717) is 18.7 Å². The van der Waals surface area contributed by atoms with E-state index >= 15 is 0 Å². The van der Waals surface area contributed by atoms with E-state index in [1.807, 2.05) is 53.4 Å². The number of nitrogens with zero attached hydrogens (tertiary/aromatic N) is 5. The van der Waals surface area contributed by atoms with Crippen molar-refractivity contribution in [1.82, 2.24) is 24.6 Å². The minimum Gasteiger partial charge on any atom is -0.343 e. The van der Waals surface area contributed by atoms with Gasteiger partial charge in [0.2, 0.25) is 5.91 Å². The predicted molar refractivity (Wildman–Crippen MR) is 108 cm³/mol. The van der Waals surface area contributed by atoms with Crippen LogP contribution in [0.5, 0.6) is 0 Å². The van der Waals surface area contributed by atoms with Gasteiger partial charge in [0.1, 0.15) is 5.82 Å². The number of benzene rings is 1.